The van der Waals surface area contributed by atoms with E-state index in [1.165, 1.54) is 12.1 Å². The van der Waals surface area contributed by atoms with Gasteiger partial charge in [0, 0.05) is 45.5 Å². The fourth-order valence-electron chi connectivity index (χ4n) is 3.39. The van der Waals surface area contributed by atoms with Crippen LogP contribution in [0.1, 0.15) is 34.1 Å². The molecule has 3 aromatic rings. The number of likely N-dealkylation sites (tertiary alicyclic amines) is 1. The van der Waals surface area contributed by atoms with Crippen LogP contribution in [0.2, 0.25) is 0 Å². The van der Waals surface area contributed by atoms with Crippen molar-refractivity contribution in [3.63, 3.8) is 0 Å². The van der Waals surface area contributed by atoms with Crippen molar-refractivity contribution in [1.29, 1.82) is 0 Å². The monoisotopic (exact) mass is 410 g/mol. The summed E-state index contributed by atoms with van der Waals surface area (Å²) >= 11 is 0. The highest BCUT2D eigenvalue weighted by atomic mass is 19.1. The summed E-state index contributed by atoms with van der Waals surface area (Å²) in [6, 6.07) is 7.84. The number of aromatic amines is 1. The molecule has 8 nitrogen and oxygen atoms in total. The molecule has 1 aliphatic heterocycles. The number of carbonyl (C=O) groups is 1. The number of nitrogens with zero attached hydrogens (tertiary/aromatic N) is 5. The molecule has 3 heterocycles. The van der Waals surface area contributed by atoms with Crippen LogP contribution in [0.15, 0.2) is 42.7 Å². The zero-order chi connectivity index (χ0) is 21.1. The number of hydrogen-bond donors (Lipinski definition) is 1. The van der Waals surface area contributed by atoms with Gasteiger partial charge < -0.3 is 14.5 Å². The number of anilines is 1. The number of rotatable bonds is 6. The summed E-state index contributed by atoms with van der Waals surface area (Å²) in [4.78, 5) is 24.8. The number of amides is 1. The van der Waals surface area contributed by atoms with E-state index in [1.54, 1.807) is 29.4 Å². The van der Waals surface area contributed by atoms with Crippen LogP contribution < -0.4 is 9.64 Å². The summed E-state index contributed by atoms with van der Waals surface area (Å²) in [5.74, 6) is 0.946. The quantitative estimate of drug-likeness (QED) is 0.672. The SMILES string of the molecule is CN(C)c1ncc(C(=O)N2CC[C@H](c3cc(COc4ccc(F)cc4)[nH]n3)C2)cn1. The minimum atomic E-state index is -0.299. The van der Waals surface area contributed by atoms with Crippen molar-refractivity contribution in [2.24, 2.45) is 0 Å². The van der Waals surface area contributed by atoms with Gasteiger partial charge in [-0.05, 0) is 36.8 Å². The van der Waals surface area contributed by atoms with Crippen molar-refractivity contribution in [3.05, 3.63) is 65.5 Å². The highest BCUT2D eigenvalue weighted by Gasteiger charge is 2.29. The van der Waals surface area contributed by atoms with Gasteiger partial charge in [0.1, 0.15) is 18.2 Å². The summed E-state index contributed by atoms with van der Waals surface area (Å²) in [6.07, 6.45) is 3.97. The summed E-state index contributed by atoms with van der Waals surface area (Å²) in [7, 11) is 3.70. The number of ether oxygens (including phenoxy) is 1. The Bertz CT molecular complexity index is 1000. The van der Waals surface area contributed by atoms with E-state index < -0.39 is 0 Å². The standard InChI is InChI=1S/C21H23FN6O2/c1-27(2)21-23-10-15(11-24-21)20(29)28-8-7-14(12-28)19-9-17(25-26-19)13-30-18-5-3-16(22)4-6-18/h3-6,9-11,14H,7-8,12-13H2,1-2H3,(H,25,26)/t14-/m0/s1. The normalized spacial score (nSPS) is 16.0. The first-order valence-corrected chi connectivity index (χ1v) is 9.71. The molecule has 1 fully saturated rings. The van der Waals surface area contributed by atoms with Crippen molar-refractivity contribution in [3.8, 4) is 5.75 Å². The topological polar surface area (TPSA) is 87.2 Å². The maximum absolute atomic E-state index is 13.0. The Morgan fingerprint density at radius 1 is 1.27 bits per heavy atom. The van der Waals surface area contributed by atoms with Crippen molar-refractivity contribution in [2.75, 3.05) is 32.1 Å². The molecule has 0 unspecified atom stereocenters. The van der Waals surface area contributed by atoms with Crippen LogP contribution in [0.4, 0.5) is 10.3 Å². The molecule has 0 aliphatic carbocycles. The number of aromatic nitrogens is 4. The molecule has 1 aromatic carbocycles. The first kappa shape index (κ1) is 19.8. The highest BCUT2D eigenvalue weighted by molar-refractivity contribution is 5.94. The largest absolute Gasteiger partial charge is 0.487 e. The van der Waals surface area contributed by atoms with E-state index in [4.69, 9.17) is 4.74 Å². The second-order valence-electron chi connectivity index (χ2n) is 7.46. The molecule has 0 bridgehead atoms. The molecular formula is C21H23FN6O2. The van der Waals surface area contributed by atoms with E-state index in [9.17, 15) is 9.18 Å². The Balaban J connectivity index is 1.34. The van der Waals surface area contributed by atoms with Gasteiger partial charge in [0.05, 0.1) is 17.0 Å². The van der Waals surface area contributed by atoms with Crippen LogP contribution >= 0.6 is 0 Å². The van der Waals surface area contributed by atoms with Gasteiger partial charge in [0.25, 0.3) is 5.91 Å². The molecule has 2 aromatic heterocycles. The molecule has 0 spiro atoms. The van der Waals surface area contributed by atoms with Crippen molar-refractivity contribution >= 4 is 11.9 Å². The lowest BCUT2D eigenvalue weighted by Crippen LogP contribution is -2.29. The van der Waals surface area contributed by atoms with Gasteiger partial charge >= 0.3 is 0 Å². The fourth-order valence-corrected chi connectivity index (χ4v) is 3.39. The third-order valence-corrected chi connectivity index (χ3v) is 5.04. The number of H-pyrrole nitrogens is 1. The Morgan fingerprint density at radius 2 is 2.00 bits per heavy atom. The first-order valence-electron chi connectivity index (χ1n) is 9.71. The van der Waals surface area contributed by atoms with Crippen LogP contribution in [0.5, 0.6) is 5.75 Å². The maximum atomic E-state index is 13.0. The predicted molar refractivity (Wildman–Crippen MR) is 109 cm³/mol. The van der Waals surface area contributed by atoms with Gasteiger partial charge in [-0.2, -0.15) is 5.10 Å². The number of nitrogens with one attached hydrogen (secondary N) is 1. The summed E-state index contributed by atoms with van der Waals surface area (Å²) in [5.41, 5.74) is 2.21. The first-order chi connectivity index (χ1) is 14.5. The van der Waals surface area contributed by atoms with Crippen LogP contribution in [0.25, 0.3) is 0 Å². The van der Waals surface area contributed by atoms with E-state index in [0.29, 0.717) is 37.0 Å². The van der Waals surface area contributed by atoms with E-state index in [0.717, 1.165) is 17.8 Å². The molecule has 156 valence electrons. The van der Waals surface area contributed by atoms with E-state index in [-0.39, 0.29) is 17.6 Å². The molecule has 1 atom stereocenters. The van der Waals surface area contributed by atoms with Crippen LogP contribution in [0.3, 0.4) is 0 Å². The second kappa shape index (κ2) is 8.48. The molecule has 30 heavy (non-hydrogen) atoms. The summed E-state index contributed by atoms with van der Waals surface area (Å²) < 4.78 is 18.6. The van der Waals surface area contributed by atoms with E-state index in [1.807, 2.05) is 25.1 Å². The van der Waals surface area contributed by atoms with Gasteiger partial charge in [-0.25, -0.2) is 14.4 Å². The molecule has 1 amide bonds. The van der Waals surface area contributed by atoms with Gasteiger partial charge in [-0.1, -0.05) is 0 Å². The van der Waals surface area contributed by atoms with Crippen molar-refractivity contribution < 1.29 is 13.9 Å². The fraction of sp³-hybridized carbons (Fsp3) is 0.333. The average molecular weight is 410 g/mol. The third kappa shape index (κ3) is 4.40. The smallest absolute Gasteiger partial charge is 0.257 e. The van der Waals surface area contributed by atoms with Gasteiger partial charge in [0.15, 0.2) is 0 Å². The Labute approximate surface area is 173 Å². The number of benzene rings is 1. The Morgan fingerprint density at radius 3 is 2.70 bits per heavy atom. The van der Waals surface area contributed by atoms with Crippen LogP contribution in [0, 0.1) is 5.82 Å². The lowest BCUT2D eigenvalue weighted by Gasteiger charge is -2.16. The summed E-state index contributed by atoms with van der Waals surface area (Å²) in [6.45, 7) is 1.56. The van der Waals surface area contributed by atoms with Crippen molar-refractivity contribution in [1.82, 2.24) is 25.1 Å². The lowest BCUT2D eigenvalue weighted by molar-refractivity contribution is 0.0790. The zero-order valence-corrected chi connectivity index (χ0v) is 16.9. The summed E-state index contributed by atoms with van der Waals surface area (Å²) in [5, 5.41) is 7.37. The molecule has 4 rings (SSSR count). The van der Waals surface area contributed by atoms with E-state index in [2.05, 4.69) is 20.2 Å². The molecule has 1 aliphatic rings. The number of hydrogen-bond acceptors (Lipinski definition) is 6. The number of halogens is 1. The lowest BCUT2D eigenvalue weighted by atomic mass is 10.1. The zero-order valence-electron chi connectivity index (χ0n) is 16.9. The third-order valence-electron chi connectivity index (χ3n) is 5.04. The highest BCUT2D eigenvalue weighted by Crippen LogP contribution is 2.27. The van der Waals surface area contributed by atoms with Gasteiger partial charge in [-0.15, -0.1) is 0 Å². The van der Waals surface area contributed by atoms with Gasteiger partial charge in [-0.3, -0.25) is 9.89 Å². The maximum Gasteiger partial charge on any atom is 0.257 e. The minimum absolute atomic E-state index is 0.0711. The molecule has 1 saturated heterocycles. The Hall–Kier alpha value is -3.49. The van der Waals surface area contributed by atoms with Crippen LogP contribution in [-0.4, -0.2) is 58.2 Å². The molecule has 9 heteroatoms. The molecule has 0 radical (unpaired) electrons. The molecule has 0 saturated carbocycles. The molecule has 1 N–H and O–H groups in total. The molecular weight excluding hydrogens is 387 g/mol. The number of carbonyl (C=O) groups excluding carboxylic acids is 1. The van der Waals surface area contributed by atoms with Crippen molar-refractivity contribution in [2.45, 2.75) is 18.9 Å². The minimum Gasteiger partial charge on any atom is -0.487 e. The van der Waals surface area contributed by atoms with Gasteiger partial charge in [0.2, 0.25) is 5.95 Å². The van der Waals surface area contributed by atoms with E-state index >= 15 is 0 Å². The average Bonchev–Trinajstić information content (AvgIpc) is 3.42. The Kier molecular flexibility index (Phi) is 5.60. The predicted octanol–water partition coefficient (Wildman–Crippen LogP) is 2.61. The van der Waals surface area contributed by atoms with Crippen LogP contribution in [-0.2, 0) is 6.61 Å². The second-order valence-corrected chi connectivity index (χ2v) is 7.46.